The van der Waals surface area contributed by atoms with Gasteiger partial charge in [-0.2, -0.15) is 0 Å². The zero-order chi connectivity index (χ0) is 22.0. The molecular weight excluding hydrogens is 422 g/mol. The van der Waals surface area contributed by atoms with Crippen LogP contribution in [0, 0.1) is 10.1 Å². The van der Waals surface area contributed by atoms with Gasteiger partial charge in [-0.1, -0.05) is 6.07 Å². The van der Waals surface area contributed by atoms with Crippen molar-refractivity contribution in [2.75, 3.05) is 20.3 Å². The first-order chi connectivity index (χ1) is 14.9. The van der Waals surface area contributed by atoms with Crippen LogP contribution < -0.4 is 9.47 Å². The molecule has 0 saturated heterocycles. The summed E-state index contributed by atoms with van der Waals surface area (Å²) in [7, 11) is 3.39. The number of carbonyl (C=O) groups is 1. The second-order valence-corrected chi connectivity index (χ2v) is 7.91. The van der Waals surface area contributed by atoms with E-state index >= 15 is 0 Å². The summed E-state index contributed by atoms with van der Waals surface area (Å²) in [5.41, 5.74) is 0.935. The number of nitro benzene ring substituents is 1. The van der Waals surface area contributed by atoms with Crippen molar-refractivity contribution in [2.24, 2.45) is 7.05 Å². The minimum atomic E-state index is -0.504. The van der Waals surface area contributed by atoms with E-state index in [-0.39, 0.29) is 17.2 Å². The highest BCUT2D eigenvalue weighted by Gasteiger charge is 2.22. The fourth-order valence-electron chi connectivity index (χ4n) is 3.09. The van der Waals surface area contributed by atoms with Crippen LogP contribution in [0.15, 0.2) is 52.8 Å². The fourth-order valence-corrected chi connectivity index (χ4v) is 3.94. The molecule has 3 aromatic rings. The second kappa shape index (κ2) is 8.64. The maximum absolute atomic E-state index is 12.9. The van der Waals surface area contributed by atoms with Gasteiger partial charge in [0.2, 0.25) is 0 Å². The van der Waals surface area contributed by atoms with E-state index in [1.165, 1.54) is 17.3 Å². The number of ether oxygens (including phenoxy) is 2. The maximum atomic E-state index is 12.9. The molecular formula is C20H19N5O5S. The SMILES string of the molecule is CN(Cc1ccc2c(c1)OCCO2)C(=O)c1ccc(Sc2nncn2C)c([N+](=O)[O-])c1. The lowest BCUT2D eigenvalue weighted by molar-refractivity contribution is -0.387. The summed E-state index contributed by atoms with van der Waals surface area (Å²) in [4.78, 5) is 25.9. The molecule has 0 atom stereocenters. The predicted molar refractivity (Wildman–Crippen MR) is 111 cm³/mol. The Hall–Kier alpha value is -3.60. The summed E-state index contributed by atoms with van der Waals surface area (Å²) in [6.07, 6.45) is 1.51. The fraction of sp³-hybridized carbons (Fsp3) is 0.250. The lowest BCUT2D eigenvalue weighted by Crippen LogP contribution is -2.26. The van der Waals surface area contributed by atoms with Crippen molar-refractivity contribution < 1.29 is 19.2 Å². The van der Waals surface area contributed by atoms with Crippen LogP contribution in [-0.4, -0.2) is 50.8 Å². The molecule has 2 aromatic carbocycles. The van der Waals surface area contributed by atoms with Gasteiger partial charge in [0.05, 0.1) is 9.82 Å². The number of benzene rings is 2. The molecule has 1 amide bonds. The Bertz CT molecular complexity index is 1150. The zero-order valence-corrected chi connectivity index (χ0v) is 17.7. The van der Waals surface area contributed by atoms with Crippen molar-refractivity contribution in [3.05, 3.63) is 64.0 Å². The van der Waals surface area contributed by atoms with Crippen LogP contribution >= 0.6 is 11.8 Å². The van der Waals surface area contributed by atoms with Gasteiger partial charge in [-0.3, -0.25) is 14.9 Å². The van der Waals surface area contributed by atoms with E-state index in [4.69, 9.17) is 9.47 Å². The third kappa shape index (κ3) is 4.45. The van der Waals surface area contributed by atoms with E-state index in [2.05, 4.69) is 10.2 Å². The Morgan fingerprint density at radius 3 is 2.71 bits per heavy atom. The van der Waals surface area contributed by atoms with E-state index in [1.54, 1.807) is 30.8 Å². The van der Waals surface area contributed by atoms with Crippen molar-refractivity contribution in [1.29, 1.82) is 0 Å². The van der Waals surface area contributed by atoms with E-state index < -0.39 is 4.92 Å². The van der Waals surface area contributed by atoms with Crippen molar-refractivity contribution in [3.63, 3.8) is 0 Å². The third-order valence-electron chi connectivity index (χ3n) is 4.65. The number of carbonyl (C=O) groups excluding carboxylic acids is 1. The molecule has 0 bridgehead atoms. The van der Waals surface area contributed by atoms with Crippen LogP contribution in [0.3, 0.4) is 0 Å². The highest BCUT2D eigenvalue weighted by Crippen LogP contribution is 2.35. The standard InChI is InChI=1S/C20H19N5O5S/c1-23(11-13-3-5-16-17(9-13)30-8-7-29-16)19(26)14-4-6-18(15(10-14)25(27)28)31-20-22-21-12-24(20)2/h3-6,9-10,12H,7-8,11H2,1-2H3. The van der Waals surface area contributed by atoms with Crippen molar-refractivity contribution in [3.8, 4) is 11.5 Å². The maximum Gasteiger partial charge on any atom is 0.284 e. The molecule has 0 unspecified atom stereocenters. The molecule has 1 aliphatic rings. The quantitative estimate of drug-likeness (QED) is 0.424. The van der Waals surface area contributed by atoms with Crippen LogP contribution in [0.25, 0.3) is 0 Å². The van der Waals surface area contributed by atoms with Gasteiger partial charge in [-0.25, -0.2) is 0 Å². The van der Waals surface area contributed by atoms with Gasteiger partial charge < -0.3 is 18.9 Å². The average Bonchev–Trinajstić information content (AvgIpc) is 3.17. The second-order valence-electron chi connectivity index (χ2n) is 6.91. The van der Waals surface area contributed by atoms with E-state index in [9.17, 15) is 14.9 Å². The van der Waals surface area contributed by atoms with E-state index in [1.807, 2.05) is 18.2 Å². The van der Waals surface area contributed by atoms with Gasteiger partial charge in [0, 0.05) is 32.3 Å². The Morgan fingerprint density at radius 1 is 1.23 bits per heavy atom. The summed E-state index contributed by atoms with van der Waals surface area (Å²) in [5, 5.41) is 19.8. The number of fused-ring (bicyclic) bond motifs is 1. The molecule has 10 nitrogen and oxygen atoms in total. The summed E-state index contributed by atoms with van der Waals surface area (Å²) >= 11 is 1.12. The van der Waals surface area contributed by atoms with Crippen LogP contribution in [0.2, 0.25) is 0 Å². The summed E-state index contributed by atoms with van der Waals surface area (Å²) in [6.45, 7) is 1.31. The molecule has 2 heterocycles. The zero-order valence-electron chi connectivity index (χ0n) is 16.8. The molecule has 4 rings (SSSR count). The Kier molecular flexibility index (Phi) is 5.76. The van der Waals surface area contributed by atoms with Gasteiger partial charge in [-0.05, 0) is 41.6 Å². The number of aryl methyl sites for hydroxylation is 1. The Morgan fingerprint density at radius 2 is 2.00 bits per heavy atom. The first kappa shape index (κ1) is 20.7. The molecule has 160 valence electrons. The summed E-state index contributed by atoms with van der Waals surface area (Å²) < 4.78 is 12.8. The highest BCUT2D eigenvalue weighted by molar-refractivity contribution is 7.99. The predicted octanol–water partition coefficient (Wildman–Crippen LogP) is 2.92. The molecule has 0 N–H and O–H groups in total. The first-order valence-electron chi connectivity index (χ1n) is 9.36. The van der Waals surface area contributed by atoms with E-state index in [0.29, 0.717) is 41.3 Å². The van der Waals surface area contributed by atoms with Gasteiger partial charge in [0.15, 0.2) is 16.7 Å². The van der Waals surface area contributed by atoms with Gasteiger partial charge >= 0.3 is 0 Å². The monoisotopic (exact) mass is 441 g/mol. The van der Waals surface area contributed by atoms with E-state index in [0.717, 1.165) is 17.3 Å². The molecule has 0 radical (unpaired) electrons. The lowest BCUT2D eigenvalue weighted by atomic mass is 10.1. The van der Waals surface area contributed by atoms with Gasteiger partial charge in [0.25, 0.3) is 11.6 Å². The van der Waals surface area contributed by atoms with Gasteiger partial charge in [-0.15, -0.1) is 10.2 Å². The molecule has 1 aromatic heterocycles. The number of hydrogen-bond donors (Lipinski definition) is 0. The molecule has 11 heteroatoms. The average molecular weight is 441 g/mol. The van der Waals surface area contributed by atoms with Crippen LogP contribution in [-0.2, 0) is 13.6 Å². The summed E-state index contributed by atoms with van der Waals surface area (Å²) in [6, 6.07) is 9.94. The molecule has 0 aliphatic carbocycles. The van der Waals surface area contributed by atoms with Crippen LogP contribution in [0.4, 0.5) is 5.69 Å². The van der Waals surface area contributed by atoms with Crippen molar-refractivity contribution in [2.45, 2.75) is 16.6 Å². The smallest absolute Gasteiger partial charge is 0.284 e. The topological polar surface area (TPSA) is 113 Å². The summed E-state index contributed by atoms with van der Waals surface area (Å²) in [5.74, 6) is 0.995. The minimum absolute atomic E-state index is 0.161. The number of nitrogens with zero attached hydrogens (tertiary/aromatic N) is 5. The number of hydrogen-bond acceptors (Lipinski definition) is 8. The molecule has 1 aliphatic heterocycles. The Balaban J connectivity index is 1.53. The number of aromatic nitrogens is 3. The van der Waals surface area contributed by atoms with Crippen LogP contribution in [0.1, 0.15) is 15.9 Å². The highest BCUT2D eigenvalue weighted by atomic mass is 32.2. The van der Waals surface area contributed by atoms with Crippen LogP contribution in [0.5, 0.6) is 11.5 Å². The molecule has 0 spiro atoms. The largest absolute Gasteiger partial charge is 0.486 e. The Labute approximate surface area is 181 Å². The number of amides is 1. The van der Waals surface area contributed by atoms with Gasteiger partial charge in [0.1, 0.15) is 19.5 Å². The normalized spacial score (nSPS) is 12.5. The van der Waals surface area contributed by atoms with Crippen molar-refractivity contribution >= 4 is 23.4 Å². The molecule has 0 fully saturated rings. The third-order valence-corrected chi connectivity index (χ3v) is 5.76. The number of rotatable bonds is 6. The molecule has 0 saturated carbocycles. The first-order valence-corrected chi connectivity index (χ1v) is 10.2. The van der Waals surface area contributed by atoms with Crippen molar-refractivity contribution in [1.82, 2.24) is 19.7 Å². The lowest BCUT2D eigenvalue weighted by Gasteiger charge is -2.21. The molecule has 31 heavy (non-hydrogen) atoms. The minimum Gasteiger partial charge on any atom is -0.486 e. The number of nitro groups is 1.